The quantitative estimate of drug-likeness (QED) is 0.657. The second kappa shape index (κ2) is 4.65. The third kappa shape index (κ3) is 2.51. The molecule has 0 unspecified atom stereocenters. The summed E-state index contributed by atoms with van der Waals surface area (Å²) in [4.78, 5) is 0. The summed E-state index contributed by atoms with van der Waals surface area (Å²) in [7, 11) is 0. The maximum atomic E-state index is 12.9. The first-order chi connectivity index (χ1) is 8.39. The minimum Gasteiger partial charge on any atom is -0.166 e. The third-order valence-electron chi connectivity index (χ3n) is 2.66. The van der Waals surface area contributed by atoms with Crippen LogP contribution in [0.15, 0.2) is 42.5 Å². The molecule has 0 atom stereocenters. The molecule has 0 aliphatic heterocycles. The van der Waals surface area contributed by atoms with Gasteiger partial charge in [0.15, 0.2) is 0 Å². The topological polar surface area (TPSA) is 0 Å². The molecule has 2 aromatic rings. The molecule has 94 valence electrons. The lowest BCUT2D eigenvalue weighted by atomic mass is 9.98. The molecule has 0 saturated carbocycles. The third-order valence-corrected chi connectivity index (χ3v) is 2.97. The van der Waals surface area contributed by atoms with E-state index >= 15 is 0 Å². The first-order valence-electron chi connectivity index (χ1n) is 5.32. The van der Waals surface area contributed by atoms with Gasteiger partial charge in [-0.15, -0.1) is 0 Å². The van der Waals surface area contributed by atoms with E-state index in [9.17, 15) is 13.2 Å². The molecule has 4 heteroatoms. The van der Waals surface area contributed by atoms with Gasteiger partial charge in [0.2, 0.25) is 0 Å². The fraction of sp³-hybridized carbons (Fsp3) is 0.143. The number of hydrogen-bond donors (Lipinski definition) is 0. The van der Waals surface area contributed by atoms with E-state index in [0.717, 1.165) is 11.6 Å². The van der Waals surface area contributed by atoms with Crippen LogP contribution in [0.4, 0.5) is 13.2 Å². The molecule has 0 amide bonds. The second-order valence-electron chi connectivity index (χ2n) is 4.03. The van der Waals surface area contributed by atoms with Crippen LogP contribution in [-0.2, 0) is 6.18 Å². The second-order valence-corrected chi connectivity index (χ2v) is 4.43. The standard InChI is InChI=1S/C14H10ClF3/c1-9-5-7-10(8-6-9)13-11(14(16,17)18)3-2-4-12(13)15/h2-8H,1H3. The van der Waals surface area contributed by atoms with E-state index in [0.29, 0.717) is 5.56 Å². The number of halogens is 4. The predicted molar refractivity (Wildman–Crippen MR) is 66.6 cm³/mol. The number of alkyl halides is 3. The van der Waals surface area contributed by atoms with Crippen molar-refractivity contribution in [3.8, 4) is 11.1 Å². The van der Waals surface area contributed by atoms with Crippen molar-refractivity contribution in [2.45, 2.75) is 13.1 Å². The van der Waals surface area contributed by atoms with E-state index in [4.69, 9.17) is 11.6 Å². The Morgan fingerprint density at radius 1 is 0.944 bits per heavy atom. The highest BCUT2D eigenvalue weighted by atomic mass is 35.5. The highest BCUT2D eigenvalue weighted by molar-refractivity contribution is 6.33. The van der Waals surface area contributed by atoms with Crippen molar-refractivity contribution in [2.24, 2.45) is 0 Å². The molecule has 0 saturated heterocycles. The first kappa shape index (κ1) is 13.0. The zero-order valence-electron chi connectivity index (χ0n) is 9.55. The molecule has 2 aromatic carbocycles. The molecular weight excluding hydrogens is 261 g/mol. The molecule has 2 rings (SSSR count). The van der Waals surface area contributed by atoms with Crippen LogP contribution in [-0.4, -0.2) is 0 Å². The molecule has 0 fully saturated rings. The summed E-state index contributed by atoms with van der Waals surface area (Å²) >= 11 is 5.91. The van der Waals surface area contributed by atoms with E-state index in [2.05, 4.69) is 0 Å². The molecule has 0 aliphatic rings. The van der Waals surface area contributed by atoms with Crippen LogP contribution in [0.3, 0.4) is 0 Å². The predicted octanol–water partition coefficient (Wildman–Crippen LogP) is 5.33. The van der Waals surface area contributed by atoms with Crippen molar-refractivity contribution in [2.75, 3.05) is 0 Å². The monoisotopic (exact) mass is 270 g/mol. The van der Waals surface area contributed by atoms with Crippen LogP contribution < -0.4 is 0 Å². The zero-order valence-corrected chi connectivity index (χ0v) is 10.3. The van der Waals surface area contributed by atoms with Gasteiger partial charge in [-0.3, -0.25) is 0 Å². The summed E-state index contributed by atoms with van der Waals surface area (Å²) < 4.78 is 38.8. The van der Waals surface area contributed by atoms with Gasteiger partial charge < -0.3 is 0 Å². The molecule has 0 spiro atoms. The van der Waals surface area contributed by atoms with E-state index in [1.165, 1.54) is 12.1 Å². The minimum absolute atomic E-state index is 0.0340. The van der Waals surface area contributed by atoms with Gasteiger partial charge in [0, 0.05) is 10.6 Å². The van der Waals surface area contributed by atoms with Gasteiger partial charge in [0.05, 0.1) is 5.56 Å². The van der Waals surface area contributed by atoms with E-state index in [1.54, 1.807) is 24.3 Å². The lowest BCUT2D eigenvalue weighted by molar-refractivity contribution is -0.137. The summed E-state index contributed by atoms with van der Waals surface area (Å²) in [5.74, 6) is 0. The maximum absolute atomic E-state index is 12.9. The molecular formula is C14H10ClF3. The van der Waals surface area contributed by atoms with Crippen molar-refractivity contribution in [3.63, 3.8) is 0 Å². The molecule has 0 N–H and O–H groups in total. The maximum Gasteiger partial charge on any atom is 0.417 e. The van der Waals surface area contributed by atoms with Gasteiger partial charge in [0.1, 0.15) is 0 Å². The summed E-state index contributed by atoms with van der Waals surface area (Å²) in [6.07, 6.45) is -4.41. The van der Waals surface area contributed by atoms with Crippen LogP contribution >= 0.6 is 11.6 Å². The van der Waals surface area contributed by atoms with Crippen LogP contribution in [0.5, 0.6) is 0 Å². The van der Waals surface area contributed by atoms with E-state index in [1.807, 2.05) is 6.92 Å². The number of benzene rings is 2. The van der Waals surface area contributed by atoms with Gasteiger partial charge in [-0.05, 0) is 24.6 Å². The lowest BCUT2D eigenvalue weighted by Gasteiger charge is -2.14. The van der Waals surface area contributed by atoms with Crippen molar-refractivity contribution in [1.29, 1.82) is 0 Å². The lowest BCUT2D eigenvalue weighted by Crippen LogP contribution is -2.07. The molecule has 0 radical (unpaired) electrons. The highest BCUT2D eigenvalue weighted by Gasteiger charge is 2.34. The Morgan fingerprint density at radius 3 is 2.11 bits per heavy atom. The zero-order chi connectivity index (χ0) is 13.3. The average Bonchev–Trinajstić information content (AvgIpc) is 2.29. The summed E-state index contributed by atoms with van der Waals surface area (Å²) in [6, 6.07) is 10.6. The fourth-order valence-electron chi connectivity index (χ4n) is 1.77. The molecule has 0 bridgehead atoms. The van der Waals surface area contributed by atoms with E-state index in [-0.39, 0.29) is 10.6 Å². The van der Waals surface area contributed by atoms with Gasteiger partial charge in [-0.2, -0.15) is 13.2 Å². The van der Waals surface area contributed by atoms with Crippen molar-refractivity contribution < 1.29 is 13.2 Å². The van der Waals surface area contributed by atoms with Crippen molar-refractivity contribution in [3.05, 3.63) is 58.6 Å². The molecule has 18 heavy (non-hydrogen) atoms. The Kier molecular flexibility index (Phi) is 3.35. The number of hydrogen-bond acceptors (Lipinski definition) is 0. The van der Waals surface area contributed by atoms with Crippen molar-refractivity contribution >= 4 is 11.6 Å². The van der Waals surface area contributed by atoms with Crippen LogP contribution in [0.2, 0.25) is 5.02 Å². The van der Waals surface area contributed by atoms with Crippen LogP contribution in [0.1, 0.15) is 11.1 Å². The molecule has 0 aromatic heterocycles. The Bertz CT molecular complexity index is 556. The van der Waals surface area contributed by atoms with E-state index < -0.39 is 11.7 Å². The summed E-state index contributed by atoms with van der Waals surface area (Å²) in [5, 5.41) is 0.105. The smallest absolute Gasteiger partial charge is 0.166 e. The van der Waals surface area contributed by atoms with Gasteiger partial charge in [0.25, 0.3) is 0 Å². The highest BCUT2D eigenvalue weighted by Crippen LogP contribution is 2.40. The number of aryl methyl sites for hydroxylation is 1. The molecule has 0 nitrogen and oxygen atoms in total. The fourth-order valence-corrected chi connectivity index (χ4v) is 2.06. The summed E-state index contributed by atoms with van der Waals surface area (Å²) in [6.45, 7) is 1.88. The van der Waals surface area contributed by atoms with Crippen molar-refractivity contribution in [1.82, 2.24) is 0 Å². The first-order valence-corrected chi connectivity index (χ1v) is 5.70. The Morgan fingerprint density at radius 2 is 1.56 bits per heavy atom. The normalized spacial score (nSPS) is 11.6. The SMILES string of the molecule is Cc1ccc(-c2c(Cl)cccc2C(F)(F)F)cc1. The Balaban J connectivity index is 2.66. The molecule has 0 heterocycles. The minimum atomic E-state index is -4.41. The molecule has 0 aliphatic carbocycles. The summed E-state index contributed by atoms with van der Waals surface area (Å²) in [5.41, 5.74) is 0.781. The number of rotatable bonds is 1. The van der Waals surface area contributed by atoms with Gasteiger partial charge in [-0.1, -0.05) is 47.5 Å². The Labute approximate surface area is 108 Å². The van der Waals surface area contributed by atoms with Gasteiger partial charge in [-0.25, -0.2) is 0 Å². The van der Waals surface area contributed by atoms with Crippen LogP contribution in [0, 0.1) is 6.92 Å². The average molecular weight is 271 g/mol. The Hall–Kier alpha value is -1.48. The van der Waals surface area contributed by atoms with Crippen LogP contribution in [0.25, 0.3) is 11.1 Å². The van der Waals surface area contributed by atoms with Gasteiger partial charge >= 0.3 is 6.18 Å². The largest absolute Gasteiger partial charge is 0.417 e.